The SMILES string of the molecule is O=C(O)c1ccccc1/C=C1\SC(=O)N(Cc2ccc3ccccc3c2)C1=O. The van der Waals surface area contributed by atoms with E-state index in [0.717, 1.165) is 28.1 Å². The Morgan fingerprint density at radius 3 is 2.46 bits per heavy atom. The van der Waals surface area contributed by atoms with E-state index in [1.807, 2.05) is 42.5 Å². The van der Waals surface area contributed by atoms with Crippen LogP contribution < -0.4 is 0 Å². The Bertz CT molecular complexity index is 1150. The first-order valence-electron chi connectivity index (χ1n) is 8.58. The Morgan fingerprint density at radius 2 is 1.68 bits per heavy atom. The molecule has 0 radical (unpaired) electrons. The van der Waals surface area contributed by atoms with Crippen LogP contribution in [-0.4, -0.2) is 27.1 Å². The highest BCUT2D eigenvalue weighted by Gasteiger charge is 2.35. The summed E-state index contributed by atoms with van der Waals surface area (Å²) in [4.78, 5) is 37.9. The van der Waals surface area contributed by atoms with E-state index in [0.29, 0.717) is 5.56 Å². The maximum absolute atomic E-state index is 12.7. The molecule has 0 bridgehead atoms. The lowest BCUT2D eigenvalue weighted by Gasteiger charge is -2.13. The number of aromatic carboxylic acids is 1. The van der Waals surface area contributed by atoms with Gasteiger partial charge in [-0.15, -0.1) is 0 Å². The molecule has 1 heterocycles. The second-order valence-corrected chi connectivity index (χ2v) is 7.33. The molecular weight excluding hydrogens is 374 g/mol. The summed E-state index contributed by atoms with van der Waals surface area (Å²) in [6, 6.07) is 20.1. The third-order valence-electron chi connectivity index (χ3n) is 4.51. The van der Waals surface area contributed by atoms with Crippen LogP contribution >= 0.6 is 11.8 Å². The van der Waals surface area contributed by atoms with Crippen molar-refractivity contribution in [3.63, 3.8) is 0 Å². The molecule has 1 N–H and O–H groups in total. The molecular formula is C22H15NO4S. The summed E-state index contributed by atoms with van der Waals surface area (Å²) < 4.78 is 0. The summed E-state index contributed by atoms with van der Waals surface area (Å²) in [6.07, 6.45) is 1.47. The zero-order chi connectivity index (χ0) is 19.7. The molecule has 1 fully saturated rings. The zero-order valence-corrected chi connectivity index (χ0v) is 15.5. The standard InChI is InChI=1S/C22H15NO4S/c24-20-19(12-17-7-3-4-8-18(17)21(25)26)28-22(27)23(20)13-14-9-10-15-5-1-2-6-16(15)11-14/h1-12H,13H2,(H,25,26)/b19-12-. The minimum absolute atomic E-state index is 0.0869. The lowest BCUT2D eigenvalue weighted by Crippen LogP contribution is -2.27. The van der Waals surface area contributed by atoms with Crippen molar-refractivity contribution in [3.05, 3.63) is 88.3 Å². The van der Waals surface area contributed by atoms with Gasteiger partial charge in [0.25, 0.3) is 11.1 Å². The number of carbonyl (C=O) groups excluding carboxylic acids is 2. The summed E-state index contributed by atoms with van der Waals surface area (Å²) in [6.45, 7) is 0.174. The van der Waals surface area contributed by atoms with E-state index >= 15 is 0 Å². The smallest absolute Gasteiger partial charge is 0.336 e. The molecule has 5 nitrogen and oxygen atoms in total. The van der Waals surface area contributed by atoms with Gasteiger partial charge < -0.3 is 5.11 Å². The Hall–Kier alpha value is -3.38. The maximum Gasteiger partial charge on any atom is 0.336 e. The number of benzene rings is 3. The van der Waals surface area contributed by atoms with Gasteiger partial charge in [0.2, 0.25) is 0 Å². The highest BCUT2D eigenvalue weighted by Crippen LogP contribution is 2.34. The summed E-state index contributed by atoms with van der Waals surface area (Å²) >= 11 is 0.826. The minimum atomic E-state index is -1.08. The van der Waals surface area contributed by atoms with Crippen LogP contribution in [0.2, 0.25) is 0 Å². The Kier molecular flexibility index (Phi) is 4.71. The molecule has 4 rings (SSSR count). The fourth-order valence-corrected chi connectivity index (χ4v) is 3.94. The molecule has 28 heavy (non-hydrogen) atoms. The van der Waals surface area contributed by atoms with Crippen LogP contribution in [0.15, 0.2) is 71.6 Å². The fraction of sp³-hybridized carbons (Fsp3) is 0.0455. The lowest BCUT2D eigenvalue weighted by molar-refractivity contribution is -0.123. The molecule has 0 aliphatic carbocycles. The molecule has 0 aromatic heterocycles. The van der Waals surface area contributed by atoms with Gasteiger partial charge in [0.05, 0.1) is 17.0 Å². The first-order valence-corrected chi connectivity index (χ1v) is 9.40. The van der Waals surface area contributed by atoms with Crippen LogP contribution in [-0.2, 0) is 11.3 Å². The molecule has 0 atom stereocenters. The van der Waals surface area contributed by atoms with E-state index in [1.54, 1.807) is 18.2 Å². The number of carbonyl (C=O) groups is 3. The van der Waals surface area contributed by atoms with Crippen LogP contribution in [0.5, 0.6) is 0 Å². The number of carboxylic acids is 1. The monoisotopic (exact) mass is 389 g/mol. The Balaban J connectivity index is 1.61. The average molecular weight is 389 g/mol. The molecule has 138 valence electrons. The van der Waals surface area contributed by atoms with Gasteiger partial charge in [-0.3, -0.25) is 14.5 Å². The van der Waals surface area contributed by atoms with Crippen molar-refractivity contribution in [2.24, 2.45) is 0 Å². The normalized spacial score (nSPS) is 15.6. The topological polar surface area (TPSA) is 74.7 Å². The highest BCUT2D eigenvalue weighted by atomic mass is 32.2. The van der Waals surface area contributed by atoms with Gasteiger partial charge >= 0.3 is 5.97 Å². The Morgan fingerprint density at radius 1 is 0.964 bits per heavy atom. The van der Waals surface area contributed by atoms with Crippen molar-refractivity contribution in [2.45, 2.75) is 6.54 Å². The molecule has 0 spiro atoms. The van der Waals surface area contributed by atoms with Gasteiger partial charge in [-0.25, -0.2) is 4.79 Å². The number of thioether (sulfide) groups is 1. The molecule has 1 saturated heterocycles. The van der Waals surface area contributed by atoms with Crippen molar-refractivity contribution in [1.29, 1.82) is 0 Å². The molecule has 3 aromatic carbocycles. The van der Waals surface area contributed by atoms with Crippen LogP contribution in [0, 0.1) is 0 Å². The van der Waals surface area contributed by atoms with Crippen molar-refractivity contribution in [3.8, 4) is 0 Å². The first kappa shape index (κ1) is 18.0. The second kappa shape index (κ2) is 7.32. The fourth-order valence-electron chi connectivity index (χ4n) is 3.11. The molecule has 0 unspecified atom stereocenters. The first-order chi connectivity index (χ1) is 13.5. The van der Waals surface area contributed by atoms with Gasteiger partial charge in [0.15, 0.2) is 0 Å². The third-order valence-corrected chi connectivity index (χ3v) is 5.41. The van der Waals surface area contributed by atoms with E-state index < -0.39 is 11.9 Å². The van der Waals surface area contributed by atoms with Crippen molar-refractivity contribution < 1.29 is 19.5 Å². The van der Waals surface area contributed by atoms with E-state index in [2.05, 4.69) is 0 Å². The summed E-state index contributed by atoms with van der Waals surface area (Å²) in [5, 5.41) is 11.1. The summed E-state index contributed by atoms with van der Waals surface area (Å²) in [5.74, 6) is -1.49. The van der Waals surface area contributed by atoms with Crippen molar-refractivity contribution >= 4 is 45.7 Å². The average Bonchev–Trinajstić information content (AvgIpc) is 2.95. The molecule has 1 aliphatic rings. The molecule has 3 aromatic rings. The predicted octanol–water partition coefficient (Wildman–Crippen LogP) is 4.77. The number of carboxylic acid groups (broad SMARTS) is 1. The van der Waals surface area contributed by atoms with Crippen molar-refractivity contribution in [1.82, 2.24) is 4.90 Å². The van der Waals surface area contributed by atoms with E-state index in [-0.39, 0.29) is 22.3 Å². The molecule has 0 saturated carbocycles. The lowest BCUT2D eigenvalue weighted by atomic mass is 10.1. The van der Waals surface area contributed by atoms with Crippen LogP contribution in [0.3, 0.4) is 0 Å². The number of imide groups is 1. The second-order valence-electron chi connectivity index (χ2n) is 6.34. The summed E-state index contributed by atoms with van der Waals surface area (Å²) in [7, 11) is 0. The predicted molar refractivity (Wildman–Crippen MR) is 109 cm³/mol. The van der Waals surface area contributed by atoms with Crippen LogP contribution in [0.4, 0.5) is 4.79 Å². The summed E-state index contributed by atoms with van der Waals surface area (Å²) in [5.41, 5.74) is 1.34. The number of hydrogen-bond donors (Lipinski definition) is 1. The number of amides is 2. The highest BCUT2D eigenvalue weighted by molar-refractivity contribution is 8.18. The minimum Gasteiger partial charge on any atom is -0.478 e. The molecule has 6 heteroatoms. The van der Waals surface area contributed by atoms with Crippen LogP contribution in [0.1, 0.15) is 21.5 Å². The van der Waals surface area contributed by atoms with E-state index in [1.165, 1.54) is 17.0 Å². The van der Waals surface area contributed by atoms with Gasteiger partial charge in [0, 0.05) is 0 Å². The van der Waals surface area contributed by atoms with Gasteiger partial charge in [-0.05, 0) is 51.9 Å². The molecule has 2 amide bonds. The largest absolute Gasteiger partial charge is 0.478 e. The molecule has 1 aliphatic heterocycles. The number of fused-ring (bicyclic) bond motifs is 1. The zero-order valence-electron chi connectivity index (χ0n) is 14.7. The third kappa shape index (κ3) is 3.42. The van der Waals surface area contributed by atoms with Gasteiger partial charge in [-0.2, -0.15) is 0 Å². The van der Waals surface area contributed by atoms with Gasteiger partial charge in [0.1, 0.15) is 0 Å². The quantitative estimate of drug-likeness (QED) is 0.650. The maximum atomic E-state index is 12.7. The number of nitrogens with zero attached hydrogens (tertiary/aromatic N) is 1. The number of hydrogen-bond acceptors (Lipinski definition) is 4. The van der Waals surface area contributed by atoms with E-state index in [4.69, 9.17) is 0 Å². The van der Waals surface area contributed by atoms with Crippen LogP contribution in [0.25, 0.3) is 16.8 Å². The number of rotatable bonds is 4. The van der Waals surface area contributed by atoms with Gasteiger partial charge in [-0.1, -0.05) is 54.6 Å². The van der Waals surface area contributed by atoms with E-state index in [9.17, 15) is 19.5 Å². The van der Waals surface area contributed by atoms with Crippen molar-refractivity contribution in [2.75, 3.05) is 0 Å². The Labute approximate surface area is 165 Å².